The van der Waals surface area contributed by atoms with Crippen LogP contribution < -0.4 is 9.64 Å². The van der Waals surface area contributed by atoms with Crippen LogP contribution in [0, 0.1) is 5.82 Å². The van der Waals surface area contributed by atoms with Crippen LogP contribution in [-0.2, 0) is 21.1 Å². The molecule has 29 heavy (non-hydrogen) atoms. The molecule has 2 fully saturated rings. The fraction of sp³-hybridized carbons (Fsp3) is 0.381. The third kappa shape index (κ3) is 4.13. The van der Waals surface area contributed by atoms with Gasteiger partial charge in [-0.25, -0.2) is 12.8 Å². The summed E-state index contributed by atoms with van der Waals surface area (Å²) in [6, 6.07) is 12.7. The maximum Gasteiger partial charge on any atom is 0.241 e. The SMILES string of the molecule is COc1ccc(N2C(=O)CN(CCc3ccc(F)cc3)C3CS(=O)(=O)CC32)cc1. The lowest BCUT2D eigenvalue weighted by Crippen LogP contribution is -2.62. The summed E-state index contributed by atoms with van der Waals surface area (Å²) in [6.07, 6.45) is 0.624. The van der Waals surface area contributed by atoms with E-state index in [1.54, 1.807) is 48.4 Å². The second-order valence-corrected chi connectivity index (χ2v) is 9.67. The van der Waals surface area contributed by atoms with Crippen molar-refractivity contribution in [2.75, 3.05) is 36.6 Å². The molecule has 2 saturated heterocycles. The molecule has 2 atom stereocenters. The number of ether oxygens (including phenoxy) is 1. The van der Waals surface area contributed by atoms with Crippen LogP contribution in [-0.4, -0.2) is 63.0 Å². The molecule has 0 aliphatic carbocycles. The van der Waals surface area contributed by atoms with E-state index in [1.807, 2.05) is 4.90 Å². The molecule has 2 aromatic carbocycles. The van der Waals surface area contributed by atoms with Gasteiger partial charge in [0.2, 0.25) is 5.91 Å². The van der Waals surface area contributed by atoms with Crippen molar-refractivity contribution in [2.24, 2.45) is 0 Å². The van der Waals surface area contributed by atoms with Gasteiger partial charge in [0.25, 0.3) is 0 Å². The Hall–Kier alpha value is -2.45. The van der Waals surface area contributed by atoms with Crippen molar-refractivity contribution in [1.82, 2.24) is 4.90 Å². The first-order valence-corrected chi connectivity index (χ1v) is 11.3. The van der Waals surface area contributed by atoms with Gasteiger partial charge < -0.3 is 9.64 Å². The number of nitrogens with zero attached hydrogens (tertiary/aromatic N) is 2. The smallest absolute Gasteiger partial charge is 0.241 e. The molecule has 8 heteroatoms. The standard InChI is InChI=1S/C21H23FN2O4S/c1-28-18-8-6-17(7-9-18)24-20-14-29(26,27)13-19(20)23(12-21(24)25)11-10-15-2-4-16(22)5-3-15/h2-9,19-20H,10-14H2,1H3. The van der Waals surface area contributed by atoms with E-state index < -0.39 is 15.9 Å². The van der Waals surface area contributed by atoms with Crippen molar-refractivity contribution in [2.45, 2.75) is 18.5 Å². The number of hydrogen-bond donors (Lipinski definition) is 0. The van der Waals surface area contributed by atoms with E-state index in [0.717, 1.165) is 5.56 Å². The van der Waals surface area contributed by atoms with Gasteiger partial charge in [-0.15, -0.1) is 0 Å². The number of hydrogen-bond acceptors (Lipinski definition) is 5. The van der Waals surface area contributed by atoms with Gasteiger partial charge in [0.15, 0.2) is 9.84 Å². The summed E-state index contributed by atoms with van der Waals surface area (Å²) in [5, 5.41) is 0. The molecule has 2 aliphatic rings. The lowest BCUT2D eigenvalue weighted by atomic mass is 10.0. The Labute approximate surface area is 169 Å². The number of amides is 1. The zero-order valence-corrected chi connectivity index (χ0v) is 16.9. The molecular formula is C21H23FN2O4S. The summed E-state index contributed by atoms with van der Waals surface area (Å²) in [5.74, 6) is 0.269. The second-order valence-electron chi connectivity index (χ2n) is 7.52. The van der Waals surface area contributed by atoms with E-state index in [4.69, 9.17) is 4.74 Å². The van der Waals surface area contributed by atoms with Crippen molar-refractivity contribution in [3.8, 4) is 5.75 Å². The molecule has 0 radical (unpaired) electrons. The Morgan fingerprint density at radius 2 is 1.69 bits per heavy atom. The number of piperazine rings is 1. The molecule has 0 bridgehead atoms. The Kier molecular flexibility index (Phi) is 5.31. The Morgan fingerprint density at radius 1 is 1.03 bits per heavy atom. The maximum atomic E-state index is 13.1. The number of fused-ring (bicyclic) bond motifs is 1. The molecular weight excluding hydrogens is 395 g/mol. The molecule has 0 aromatic heterocycles. The summed E-state index contributed by atoms with van der Waals surface area (Å²) in [4.78, 5) is 16.6. The van der Waals surface area contributed by atoms with Gasteiger partial charge in [-0.05, 0) is 48.4 Å². The van der Waals surface area contributed by atoms with Gasteiger partial charge in [-0.3, -0.25) is 9.69 Å². The summed E-state index contributed by atoms with van der Waals surface area (Å²) < 4.78 is 43.1. The molecule has 2 unspecified atom stereocenters. The highest BCUT2D eigenvalue weighted by molar-refractivity contribution is 7.91. The molecule has 2 heterocycles. The van der Waals surface area contributed by atoms with Crippen LogP contribution in [0.5, 0.6) is 5.75 Å². The minimum absolute atomic E-state index is 0.0392. The van der Waals surface area contributed by atoms with Gasteiger partial charge in [0, 0.05) is 18.3 Å². The number of anilines is 1. The molecule has 2 aliphatic heterocycles. The lowest BCUT2D eigenvalue weighted by Gasteiger charge is -2.43. The monoisotopic (exact) mass is 418 g/mol. The molecule has 2 aromatic rings. The number of methoxy groups -OCH3 is 1. The van der Waals surface area contributed by atoms with Crippen LogP contribution in [0.1, 0.15) is 5.56 Å². The summed E-state index contributed by atoms with van der Waals surface area (Å²) in [5.41, 5.74) is 1.63. The molecule has 1 amide bonds. The number of rotatable bonds is 5. The predicted molar refractivity (Wildman–Crippen MR) is 108 cm³/mol. The van der Waals surface area contributed by atoms with E-state index in [2.05, 4.69) is 0 Å². The first-order chi connectivity index (χ1) is 13.9. The third-order valence-corrected chi connectivity index (χ3v) is 7.35. The van der Waals surface area contributed by atoms with Gasteiger partial charge in [0.1, 0.15) is 11.6 Å². The average Bonchev–Trinajstić information content (AvgIpc) is 3.02. The third-order valence-electron chi connectivity index (χ3n) is 5.65. The van der Waals surface area contributed by atoms with Crippen LogP contribution in [0.25, 0.3) is 0 Å². The molecule has 4 rings (SSSR count). The number of carbonyl (C=O) groups is 1. The van der Waals surface area contributed by atoms with E-state index in [1.165, 1.54) is 12.1 Å². The van der Waals surface area contributed by atoms with Crippen LogP contribution in [0.2, 0.25) is 0 Å². The fourth-order valence-corrected chi connectivity index (χ4v) is 6.19. The van der Waals surface area contributed by atoms with Crippen molar-refractivity contribution in [3.63, 3.8) is 0 Å². The van der Waals surface area contributed by atoms with Crippen LogP contribution >= 0.6 is 0 Å². The summed E-state index contributed by atoms with van der Waals surface area (Å²) >= 11 is 0. The average molecular weight is 418 g/mol. The van der Waals surface area contributed by atoms with Crippen molar-refractivity contribution in [3.05, 3.63) is 59.9 Å². The van der Waals surface area contributed by atoms with Crippen LogP contribution in [0.15, 0.2) is 48.5 Å². The zero-order valence-electron chi connectivity index (χ0n) is 16.1. The van der Waals surface area contributed by atoms with E-state index in [0.29, 0.717) is 24.4 Å². The van der Waals surface area contributed by atoms with Crippen LogP contribution in [0.4, 0.5) is 10.1 Å². The van der Waals surface area contributed by atoms with E-state index in [-0.39, 0.29) is 35.8 Å². The highest BCUT2D eigenvalue weighted by Gasteiger charge is 2.49. The number of carbonyl (C=O) groups excluding carboxylic acids is 1. The number of halogens is 1. The molecule has 0 spiro atoms. The fourth-order valence-electron chi connectivity index (χ4n) is 4.20. The van der Waals surface area contributed by atoms with Gasteiger partial charge in [-0.1, -0.05) is 12.1 Å². The maximum absolute atomic E-state index is 13.1. The summed E-state index contributed by atoms with van der Waals surface area (Å²) in [6.45, 7) is 0.703. The van der Waals surface area contributed by atoms with Gasteiger partial charge in [0.05, 0.1) is 31.2 Å². The topological polar surface area (TPSA) is 66.9 Å². The molecule has 0 N–H and O–H groups in total. The van der Waals surface area contributed by atoms with Crippen molar-refractivity contribution in [1.29, 1.82) is 0 Å². The summed E-state index contributed by atoms with van der Waals surface area (Å²) in [7, 11) is -1.67. The van der Waals surface area contributed by atoms with Gasteiger partial charge in [-0.2, -0.15) is 0 Å². The molecule has 0 saturated carbocycles. The first kappa shape index (κ1) is 19.8. The van der Waals surface area contributed by atoms with Crippen molar-refractivity contribution >= 4 is 21.4 Å². The van der Waals surface area contributed by atoms with E-state index in [9.17, 15) is 17.6 Å². The Morgan fingerprint density at radius 3 is 2.34 bits per heavy atom. The number of sulfone groups is 1. The van der Waals surface area contributed by atoms with E-state index >= 15 is 0 Å². The van der Waals surface area contributed by atoms with Gasteiger partial charge >= 0.3 is 0 Å². The highest BCUT2D eigenvalue weighted by Crippen LogP contribution is 2.32. The largest absolute Gasteiger partial charge is 0.497 e. The number of benzene rings is 2. The lowest BCUT2D eigenvalue weighted by molar-refractivity contribution is -0.123. The Balaban J connectivity index is 1.56. The molecule has 154 valence electrons. The predicted octanol–water partition coefficient (Wildman–Crippen LogP) is 1.89. The zero-order chi connectivity index (χ0) is 20.6. The van der Waals surface area contributed by atoms with Crippen molar-refractivity contribution < 1.29 is 22.3 Å². The Bertz CT molecular complexity index is 992. The second kappa shape index (κ2) is 7.76. The quantitative estimate of drug-likeness (QED) is 0.742. The van der Waals surface area contributed by atoms with Crippen LogP contribution in [0.3, 0.4) is 0 Å². The normalized spacial score (nSPS) is 23.8. The first-order valence-electron chi connectivity index (χ1n) is 9.51. The minimum atomic E-state index is -3.24. The highest BCUT2D eigenvalue weighted by atomic mass is 32.2. The molecule has 6 nitrogen and oxygen atoms in total. The minimum Gasteiger partial charge on any atom is -0.497 e.